The molecular formula is C22H26N2O5. The first-order valence-electron chi connectivity index (χ1n) is 9.43. The normalized spacial score (nSPS) is 12.8. The zero-order chi connectivity index (χ0) is 21.4. The number of phenols is 1. The maximum absolute atomic E-state index is 12.8. The summed E-state index contributed by atoms with van der Waals surface area (Å²) in [7, 11) is 0. The van der Waals surface area contributed by atoms with Crippen LogP contribution in [0, 0.1) is 5.92 Å². The molecule has 0 saturated carbocycles. The Morgan fingerprint density at radius 1 is 0.897 bits per heavy atom. The molecule has 0 aliphatic carbocycles. The zero-order valence-electron chi connectivity index (χ0n) is 16.5. The molecule has 2 aromatic carbocycles. The minimum Gasteiger partial charge on any atom is -0.508 e. The molecule has 2 amide bonds. The van der Waals surface area contributed by atoms with Gasteiger partial charge in [-0.3, -0.25) is 9.59 Å². The topological polar surface area (TPSA) is 116 Å². The lowest BCUT2D eigenvalue weighted by Gasteiger charge is -2.22. The monoisotopic (exact) mass is 398 g/mol. The number of carboxylic acids is 1. The average Bonchev–Trinajstić information content (AvgIpc) is 2.68. The van der Waals surface area contributed by atoms with Crippen LogP contribution in [0.5, 0.6) is 5.75 Å². The first kappa shape index (κ1) is 21.9. The Labute approximate surface area is 169 Å². The van der Waals surface area contributed by atoms with E-state index in [2.05, 4.69) is 10.6 Å². The number of aliphatic carboxylic acids is 1. The lowest BCUT2D eigenvalue weighted by Crippen LogP contribution is -2.52. The largest absolute Gasteiger partial charge is 0.508 e. The molecule has 0 saturated heterocycles. The molecule has 0 bridgehead atoms. The highest BCUT2D eigenvalue weighted by Gasteiger charge is 2.27. The minimum absolute atomic E-state index is 0.0749. The van der Waals surface area contributed by atoms with Gasteiger partial charge in [-0.1, -0.05) is 44.2 Å². The zero-order valence-corrected chi connectivity index (χ0v) is 16.5. The van der Waals surface area contributed by atoms with Crippen LogP contribution >= 0.6 is 0 Å². The number of carboxylic acid groups (broad SMARTS) is 1. The Morgan fingerprint density at radius 2 is 1.52 bits per heavy atom. The summed E-state index contributed by atoms with van der Waals surface area (Å²) in [5, 5.41) is 24.1. The molecule has 0 radical (unpaired) electrons. The van der Waals surface area contributed by atoms with E-state index in [1.807, 2.05) is 13.8 Å². The van der Waals surface area contributed by atoms with Crippen molar-refractivity contribution in [2.75, 3.05) is 0 Å². The van der Waals surface area contributed by atoms with Crippen molar-refractivity contribution >= 4 is 17.8 Å². The molecule has 7 heteroatoms. The summed E-state index contributed by atoms with van der Waals surface area (Å²) in [6.07, 6.45) is 0.429. The van der Waals surface area contributed by atoms with Crippen molar-refractivity contribution in [1.82, 2.24) is 10.6 Å². The molecule has 2 atom stereocenters. The van der Waals surface area contributed by atoms with Gasteiger partial charge in [0.15, 0.2) is 0 Å². The summed E-state index contributed by atoms with van der Waals surface area (Å²) < 4.78 is 0. The number of phenolic OH excluding ortho intramolecular Hbond substituents is 1. The minimum atomic E-state index is -1.12. The molecule has 0 aliphatic heterocycles. The van der Waals surface area contributed by atoms with Crippen molar-refractivity contribution < 1.29 is 24.6 Å². The van der Waals surface area contributed by atoms with Gasteiger partial charge in [0, 0.05) is 12.0 Å². The highest BCUT2D eigenvalue weighted by atomic mass is 16.4. The molecule has 0 spiro atoms. The maximum atomic E-state index is 12.8. The van der Waals surface area contributed by atoms with Gasteiger partial charge >= 0.3 is 5.97 Å². The van der Waals surface area contributed by atoms with Crippen molar-refractivity contribution in [3.8, 4) is 5.75 Å². The van der Waals surface area contributed by atoms with Crippen molar-refractivity contribution in [3.63, 3.8) is 0 Å². The number of carbonyl (C=O) groups excluding carboxylic acids is 2. The molecule has 0 heterocycles. The fourth-order valence-corrected chi connectivity index (χ4v) is 2.87. The average molecular weight is 398 g/mol. The third-order valence-corrected chi connectivity index (χ3v) is 4.36. The van der Waals surface area contributed by atoms with E-state index in [1.54, 1.807) is 42.5 Å². The first-order valence-corrected chi connectivity index (χ1v) is 9.43. The van der Waals surface area contributed by atoms with Crippen LogP contribution in [0.15, 0.2) is 54.6 Å². The smallest absolute Gasteiger partial charge is 0.326 e. The van der Waals surface area contributed by atoms with Gasteiger partial charge in [-0.15, -0.1) is 0 Å². The number of rotatable bonds is 9. The molecule has 0 fully saturated rings. The van der Waals surface area contributed by atoms with Crippen LogP contribution in [0.25, 0.3) is 0 Å². The van der Waals surface area contributed by atoms with Crippen LogP contribution in [0.3, 0.4) is 0 Å². The second-order valence-corrected chi connectivity index (χ2v) is 7.29. The van der Waals surface area contributed by atoms with Gasteiger partial charge in [-0.2, -0.15) is 0 Å². The van der Waals surface area contributed by atoms with Crippen molar-refractivity contribution in [3.05, 3.63) is 65.7 Å². The molecule has 7 nitrogen and oxygen atoms in total. The highest BCUT2D eigenvalue weighted by Crippen LogP contribution is 2.13. The van der Waals surface area contributed by atoms with Gasteiger partial charge in [0.05, 0.1) is 0 Å². The lowest BCUT2D eigenvalue weighted by molar-refractivity contribution is -0.142. The third-order valence-electron chi connectivity index (χ3n) is 4.36. The van der Waals surface area contributed by atoms with Gasteiger partial charge in [-0.05, 0) is 42.2 Å². The number of hydrogen-bond donors (Lipinski definition) is 4. The fourth-order valence-electron chi connectivity index (χ4n) is 2.87. The van der Waals surface area contributed by atoms with Crippen LogP contribution in [0.4, 0.5) is 0 Å². The van der Waals surface area contributed by atoms with Gasteiger partial charge < -0.3 is 20.8 Å². The molecule has 0 aromatic heterocycles. The predicted octanol–water partition coefficient (Wildman–Crippen LogP) is 2.35. The number of nitrogens with one attached hydrogen (secondary N) is 2. The van der Waals surface area contributed by atoms with E-state index in [0.717, 1.165) is 0 Å². The summed E-state index contributed by atoms with van der Waals surface area (Å²) >= 11 is 0. The molecule has 0 unspecified atom stereocenters. The Kier molecular flexibility index (Phi) is 7.77. The molecule has 154 valence electrons. The Balaban J connectivity index is 2.20. The van der Waals surface area contributed by atoms with Gasteiger partial charge in [0.2, 0.25) is 5.91 Å². The second kappa shape index (κ2) is 10.3. The molecule has 2 aromatic rings. The van der Waals surface area contributed by atoms with Crippen LogP contribution in [-0.2, 0) is 16.0 Å². The van der Waals surface area contributed by atoms with Crippen molar-refractivity contribution in [1.29, 1.82) is 0 Å². The standard InChI is InChI=1S/C22H26N2O5/c1-14(2)12-19(22(28)29)24-21(27)18(13-15-8-10-17(25)11-9-15)23-20(26)16-6-4-3-5-7-16/h3-11,14,18-19,25H,12-13H2,1-2H3,(H,23,26)(H,24,27)(H,28,29)/t18-,19-/m0/s1. The quantitative estimate of drug-likeness (QED) is 0.517. The van der Waals surface area contributed by atoms with Crippen molar-refractivity contribution in [2.45, 2.75) is 38.8 Å². The Bertz CT molecular complexity index is 834. The molecular weight excluding hydrogens is 372 g/mol. The number of amides is 2. The predicted molar refractivity (Wildman–Crippen MR) is 109 cm³/mol. The van der Waals surface area contributed by atoms with Gasteiger partial charge in [0.1, 0.15) is 17.8 Å². The van der Waals surface area contributed by atoms with E-state index in [-0.39, 0.29) is 24.5 Å². The summed E-state index contributed by atoms with van der Waals surface area (Å²) in [4.78, 5) is 36.9. The summed E-state index contributed by atoms with van der Waals surface area (Å²) in [6, 6.07) is 12.7. The third kappa shape index (κ3) is 6.95. The van der Waals surface area contributed by atoms with Gasteiger partial charge in [0.25, 0.3) is 5.91 Å². The molecule has 0 aliphatic rings. The van der Waals surface area contributed by atoms with E-state index in [9.17, 15) is 24.6 Å². The summed E-state index contributed by atoms with van der Waals surface area (Å²) in [5.41, 5.74) is 1.11. The Morgan fingerprint density at radius 3 is 2.07 bits per heavy atom. The van der Waals surface area contributed by atoms with Crippen LogP contribution in [-0.4, -0.2) is 40.1 Å². The van der Waals surface area contributed by atoms with E-state index in [0.29, 0.717) is 11.1 Å². The van der Waals surface area contributed by atoms with Crippen LogP contribution in [0.1, 0.15) is 36.2 Å². The van der Waals surface area contributed by atoms with E-state index in [1.165, 1.54) is 12.1 Å². The van der Waals surface area contributed by atoms with E-state index < -0.39 is 29.9 Å². The summed E-state index contributed by atoms with van der Waals surface area (Å²) in [6.45, 7) is 3.74. The molecule has 29 heavy (non-hydrogen) atoms. The number of hydrogen-bond acceptors (Lipinski definition) is 4. The molecule has 2 rings (SSSR count). The molecule has 4 N–H and O–H groups in total. The number of benzene rings is 2. The van der Waals surface area contributed by atoms with Gasteiger partial charge in [-0.25, -0.2) is 4.79 Å². The number of carbonyl (C=O) groups is 3. The van der Waals surface area contributed by atoms with E-state index in [4.69, 9.17) is 0 Å². The van der Waals surface area contributed by atoms with Crippen LogP contribution < -0.4 is 10.6 Å². The first-order chi connectivity index (χ1) is 13.8. The summed E-state index contributed by atoms with van der Waals surface area (Å²) in [5.74, 6) is -1.96. The number of aromatic hydroxyl groups is 1. The lowest BCUT2D eigenvalue weighted by atomic mass is 10.0. The highest BCUT2D eigenvalue weighted by molar-refractivity contribution is 5.98. The van der Waals surface area contributed by atoms with Crippen molar-refractivity contribution in [2.24, 2.45) is 5.92 Å². The Hall–Kier alpha value is -3.35. The fraction of sp³-hybridized carbons (Fsp3) is 0.318. The second-order valence-electron chi connectivity index (χ2n) is 7.29. The van der Waals surface area contributed by atoms with E-state index >= 15 is 0 Å². The SMILES string of the molecule is CC(C)C[C@H](NC(=O)[C@H](Cc1ccc(O)cc1)NC(=O)c1ccccc1)C(=O)O. The van der Waals surface area contributed by atoms with Crippen LogP contribution in [0.2, 0.25) is 0 Å². The maximum Gasteiger partial charge on any atom is 0.326 e.